The summed E-state index contributed by atoms with van der Waals surface area (Å²) in [5, 5.41) is 13.9. The Labute approximate surface area is 86.2 Å². The van der Waals surface area contributed by atoms with Crippen molar-refractivity contribution in [2.75, 3.05) is 0 Å². The molecule has 1 heterocycles. The van der Waals surface area contributed by atoms with Crippen LogP contribution in [0.3, 0.4) is 0 Å². The third-order valence-corrected chi connectivity index (χ3v) is 2.31. The summed E-state index contributed by atoms with van der Waals surface area (Å²) in [5.41, 5.74) is 0.922. The van der Waals surface area contributed by atoms with Gasteiger partial charge in [0.1, 0.15) is 0 Å². The van der Waals surface area contributed by atoms with Crippen LogP contribution in [0.4, 0.5) is 0 Å². The van der Waals surface area contributed by atoms with Gasteiger partial charge in [-0.1, -0.05) is 30.3 Å². The Balaban J connectivity index is 2.22. The van der Waals surface area contributed by atoms with Crippen molar-refractivity contribution in [2.45, 2.75) is 0 Å². The van der Waals surface area contributed by atoms with E-state index in [4.69, 9.17) is 0 Å². The Morgan fingerprint density at radius 3 is 2.60 bits per heavy atom. The zero-order chi connectivity index (χ0) is 10.1. The monoisotopic (exact) mass is 196 g/mol. The fourth-order valence-corrected chi connectivity index (χ4v) is 1.59. The fraction of sp³-hybridized carbons (Fsp3) is 0. The third kappa shape index (κ3) is 1.36. The maximum Gasteiger partial charge on any atom is 0.162 e. The largest absolute Gasteiger partial charge is 0.162 e. The van der Waals surface area contributed by atoms with E-state index < -0.39 is 0 Å². The van der Waals surface area contributed by atoms with Crippen molar-refractivity contribution in [1.29, 1.82) is 0 Å². The molecule has 0 fully saturated rings. The van der Waals surface area contributed by atoms with E-state index in [0.29, 0.717) is 0 Å². The van der Waals surface area contributed by atoms with Crippen LogP contribution in [0.25, 0.3) is 16.5 Å². The van der Waals surface area contributed by atoms with Crippen LogP contribution in [0.2, 0.25) is 0 Å². The average Bonchev–Trinajstić information content (AvgIpc) is 2.82. The Kier molecular flexibility index (Phi) is 1.71. The Bertz CT molecular complexity index is 586. The molecule has 0 aliphatic rings. The van der Waals surface area contributed by atoms with Gasteiger partial charge in [0.25, 0.3) is 0 Å². The second-order valence-electron chi connectivity index (χ2n) is 3.26. The predicted molar refractivity (Wildman–Crippen MR) is 56.7 cm³/mol. The summed E-state index contributed by atoms with van der Waals surface area (Å²) < 4.78 is 0. The van der Waals surface area contributed by atoms with E-state index >= 15 is 0 Å². The highest BCUT2D eigenvalue weighted by Crippen LogP contribution is 2.16. The van der Waals surface area contributed by atoms with Gasteiger partial charge in [0.05, 0.1) is 5.69 Å². The van der Waals surface area contributed by atoms with E-state index in [-0.39, 0.29) is 0 Å². The molecule has 0 spiro atoms. The van der Waals surface area contributed by atoms with Crippen LogP contribution in [0.1, 0.15) is 0 Å². The molecule has 0 saturated heterocycles. The number of nitrogens with zero attached hydrogens (tertiary/aromatic N) is 4. The fourth-order valence-electron chi connectivity index (χ4n) is 1.59. The maximum atomic E-state index is 3.99. The molecule has 0 radical (unpaired) electrons. The lowest BCUT2D eigenvalue weighted by atomic mass is 10.1. The normalized spacial score (nSPS) is 10.7. The number of rotatable bonds is 1. The van der Waals surface area contributed by atoms with Crippen LogP contribution in [-0.4, -0.2) is 20.2 Å². The van der Waals surface area contributed by atoms with Gasteiger partial charge in [-0.3, -0.25) is 0 Å². The van der Waals surface area contributed by atoms with Crippen LogP contribution in [0.15, 0.2) is 48.8 Å². The maximum absolute atomic E-state index is 3.99. The van der Waals surface area contributed by atoms with Crippen molar-refractivity contribution in [3.63, 3.8) is 0 Å². The molecule has 0 unspecified atom stereocenters. The van der Waals surface area contributed by atoms with Gasteiger partial charge in [0.2, 0.25) is 0 Å². The van der Waals surface area contributed by atoms with Gasteiger partial charge < -0.3 is 0 Å². The topological polar surface area (TPSA) is 43.6 Å². The zero-order valence-electron chi connectivity index (χ0n) is 7.91. The molecule has 0 amide bonds. The van der Waals surface area contributed by atoms with Crippen molar-refractivity contribution in [1.82, 2.24) is 20.2 Å². The van der Waals surface area contributed by atoms with Crippen LogP contribution < -0.4 is 0 Å². The first kappa shape index (κ1) is 8.11. The number of hydrogen-bond acceptors (Lipinski definition) is 3. The highest BCUT2D eigenvalue weighted by Gasteiger charge is 1.99. The average molecular weight is 196 g/mol. The summed E-state index contributed by atoms with van der Waals surface area (Å²) in [5.74, 6) is 0. The van der Waals surface area contributed by atoms with Gasteiger partial charge in [-0.25, -0.2) is 0 Å². The van der Waals surface area contributed by atoms with Crippen molar-refractivity contribution in [3.8, 4) is 5.69 Å². The van der Waals surface area contributed by atoms with Crippen molar-refractivity contribution < 1.29 is 0 Å². The quantitative estimate of drug-likeness (QED) is 0.596. The van der Waals surface area contributed by atoms with E-state index in [1.165, 1.54) is 21.9 Å². The van der Waals surface area contributed by atoms with E-state index in [0.717, 1.165) is 5.69 Å². The summed E-state index contributed by atoms with van der Waals surface area (Å²) >= 11 is 0. The SMILES string of the molecule is c1ccc2cc(-n3ncnn3)ccc2c1. The van der Waals surface area contributed by atoms with Gasteiger partial charge in [-0.15, -0.1) is 15.0 Å². The number of aromatic nitrogens is 4. The number of hydrogen-bond donors (Lipinski definition) is 0. The van der Waals surface area contributed by atoms with Gasteiger partial charge in [-0.2, -0.15) is 0 Å². The first-order chi connectivity index (χ1) is 7.43. The smallest absolute Gasteiger partial charge is 0.135 e. The Hall–Kier alpha value is -2.23. The molecular formula is C11H8N4. The second-order valence-corrected chi connectivity index (χ2v) is 3.26. The molecule has 0 atom stereocenters. The highest BCUT2D eigenvalue weighted by atomic mass is 15.6. The van der Waals surface area contributed by atoms with Crippen LogP contribution >= 0.6 is 0 Å². The summed E-state index contributed by atoms with van der Waals surface area (Å²) in [4.78, 5) is 1.51. The lowest BCUT2D eigenvalue weighted by Crippen LogP contribution is -1.98. The van der Waals surface area contributed by atoms with Gasteiger partial charge >= 0.3 is 0 Å². The van der Waals surface area contributed by atoms with Gasteiger partial charge in [-0.05, 0) is 28.1 Å². The molecule has 0 aliphatic heterocycles. The van der Waals surface area contributed by atoms with Crippen molar-refractivity contribution >= 4 is 10.8 Å². The highest BCUT2D eigenvalue weighted by molar-refractivity contribution is 5.84. The second kappa shape index (κ2) is 3.16. The summed E-state index contributed by atoms with van der Waals surface area (Å²) in [6.45, 7) is 0. The molecule has 3 rings (SSSR count). The molecule has 1 aromatic heterocycles. The Morgan fingerprint density at radius 1 is 0.933 bits per heavy atom. The Morgan fingerprint density at radius 2 is 1.80 bits per heavy atom. The van der Waals surface area contributed by atoms with E-state index in [2.05, 4.69) is 27.5 Å². The molecular weight excluding hydrogens is 188 g/mol. The molecule has 0 saturated carbocycles. The molecule has 3 aromatic rings. The molecule has 15 heavy (non-hydrogen) atoms. The lowest BCUT2D eigenvalue weighted by Gasteiger charge is -2.00. The number of tetrazole rings is 1. The third-order valence-electron chi connectivity index (χ3n) is 2.31. The molecule has 0 aliphatic carbocycles. The van der Waals surface area contributed by atoms with Crippen LogP contribution in [-0.2, 0) is 0 Å². The van der Waals surface area contributed by atoms with Crippen molar-refractivity contribution in [2.24, 2.45) is 0 Å². The number of fused-ring (bicyclic) bond motifs is 1. The number of benzene rings is 2. The first-order valence-corrected chi connectivity index (χ1v) is 4.66. The van der Waals surface area contributed by atoms with Gasteiger partial charge in [0, 0.05) is 0 Å². The lowest BCUT2D eigenvalue weighted by molar-refractivity contribution is 0.720. The van der Waals surface area contributed by atoms with Crippen molar-refractivity contribution in [3.05, 3.63) is 48.8 Å². The summed E-state index contributed by atoms with van der Waals surface area (Å²) in [6.07, 6.45) is 1.43. The minimum Gasteiger partial charge on any atom is -0.135 e. The first-order valence-electron chi connectivity index (χ1n) is 4.66. The van der Waals surface area contributed by atoms with Gasteiger partial charge in [0.15, 0.2) is 6.33 Å². The summed E-state index contributed by atoms with van der Waals surface area (Å²) in [6, 6.07) is 14.2. The van der Waals surface area contributed by atoms with Crippen LogP contribution in [0, 0.1) is 0 Å². The molecule has 72 valence electrons. The molecule has 4 heteroatoms. The molecule has 4 nitrogen and oxygen atoms in total. The standard InChI is InChI=1S/C11H8N4/c1-2-4-10-7-11(6-5-9(10)3-1)15-13-8-12-14-15/h1-8H. The predicted octanol–water partition coefficient (Wildman–Crippen LogP) is 1.82. The molecule has 0 N–H and O–H groups in total. The van der Waals surface area contributed by atoms with E-state index in [1.807, 2.05) is 30.3 Å². The van der Waals surface area contributed by atoms with E-state index in [9.17, 15) is 0 Å². The van der Waals surface area contributed by atoms with Crippen LogP contribution in [0.5, 0.6) is 0 Å². The molecule has 2 aromatic carbocycles. The minimum atomic E-state index is 0.922. The minimum absolute atomic E-state index is 0.922. The molecule has 0 bridgehead atoms. The van der Waals surface area contributed by atoms with E-state index in [1.54, 1.807) is 0 Å². The zero-order valence-corrected chi connectivity index (χ0v) is 7.91. The summed E-state index contributed by atoms with van der Waals surface area (Å²) in [7, 11) is 0.